The first kappa shape index (κ1) is 9.96. The molecule has 0 unspecified atom stereocenters. The van der Waals surface area contributed by atoms with Crippen molar-refractivity contribution in [3.8, 4) is 0 Å². The molecule has 1 aliphatic rings. The van der Waals surface area contributed by atoms with E-state index in [1.165, 1.54) is 31.2 Å². The number of hydrogen-bond donors (Lipinski definition) is 2. The summed E-state index contributed by atoms with van der Waals surface area (Å²) in [5.74, 6) is -0.181. The Kier molecular flexibility index (Phi) is 2.85. The molecule has 2 rings (SSSR count). The molecule has 0 spiro atoms. The maximum Gasteiger partial charge on any atom is 0.268 e. The van der Waals surface area contributed by atoms with Crippen LogP contribution >= 0.6 is 0 Å². The van der Waals surface area contributed by atoms with E-state index in [4.69, 9.17) is 0 Å². The molecule has 0 aromatic carbocycles. The summed E-state index contributed by atoms with van der Waals surface area (Å²) >= 11 is 0. The number of aromatic amines is 1. The maximum atomic E-state index is 11.7. The topological polar surface area (TPSA) is 62.0 Å². The Bertz CT molecular complexity index is 405. The molecule has 1 saturated carbocycles. The van der Waals surface area contributed by atoms with Crippen molar-refractivity contribution < 1.29 is 4.79 Å². The highest BCUT2D eigenvalue weighted by Crippen LogP contribution is 2.17. The molecule has 2 N–H and O–H groups in total. The van der Waals surface area contributed by atoms with Gasteiger partial charge in [0.25, 0.3) is 5.91 Å². The van der Waals surface area contributed by atoms with Gasteiger partial charge in [-0.1, -0.05) is 12.8 Å². The lowest BCUT2D eigenvalue weighted by molar-refractivity contribution is 0.0932. The molecule has 0 bridgehead atoms. The molecule has 0 saturated heterocycles. The molecule has 1 aliphatic carbocycles. The number of rotatable bonds is 2. The van der Waals surface area contributed by atoms with Gasteiger partial charge in [-0.3, -0.25) is 9.59 Å². The molecule has 15 heavy (non-hydrogen) atoms. The summed E-state index contributed by atoms with van der Waals surface area (Å²) in [4.78, 5) is 25.5. The first-order valence-corrected chi connectivity index (χ1v) is 5.25. The van der Waals surface area contributed by atoms with E-state index in [1.54, 1.807) is 0 Å². The van der Waals surface area contributed by atoms with Gasteiger partial charge < -0.3 is 10.3 Å². The zero-order valence-corrected chi connectivity index (χ0v) is 8.45. The number of carbonyl (C=O) groups excluding carboxylic acids is 1. The normalized spacial score (nSPS) is 16.5. The van der Waals surface area contributed by atoms with Crippen LogP contribution in [0.1, 0.15) is 36.2 Å². The van der Waals surface area contributed by atoms with Crippen LogP contribution in [0.2, 0.25) is 0 Å². The summed E-state index contributed by atoms with van der Waals surface area (Å²) in [5.41, 5.74) is 0.194. The fraction of sp³-hybridized carbons (Fsp3) is 0.455. The SMILES string of the molecule is O=C(NC1CCCC1)c1cc(=O)cc[nH]1. The lowest BCUT2D eigenvalue weighted by atomic mass is 10.2. The van der Waals surface area contributed by atoms with Gasteiger partial charge in [-0.25, -0.2) is 0 Å². The molecule has 1 aromatic heterocycles. The van der Waals surface area contributed by atoms with E-state index < -0.39 is 0 Å². The van der Waals surface area contributed by atoms with Gasteiger partial charge in [-0.05, 0) is 12.8 Å². The summed E-state index contributed by atoms with van der Waals surface area (Å²) in [6, 6.07) is 3.00. The van der Waals surface area contributed by atoms with Crippen LogP contribution in [0.5, 0.6) is 0 Å². The van der Waals surface area contributed by atoms with E-state index in [1.807, 2.05) is 0 Å². The van der Waals surface area contributed by atoms with Crippen molar-refractivity contribution in [2.75, 3.05) is 0 Å². The van der Waals surface area contributed by atoms with Gasteiger partial charge >= 0.3 is 0 Å². The molecule has 0 atom stereocenters. The Morgan fingerprint density at radius 1 is 1.40 bits per heavy atom. The van der Waals surface area contributed by atoms with Crippen LogP contribution in [0.3, 0.4) is 0 Å². The summed E-state index contributed by atoms with van der Waals surface area (Å²) in [5, 5.41) is 2.91. The number of H-pyrrole nitrogens is 1. The van der Waals surface area contributed by atoms with Gasteiger partial charge in [0.2, 0.25) is 0 Å². The smallest absolute Gasteiger partial charge is 0.268 e. The van der Waals surface area contributed by atoms with Crippen molar-refractivity contribution in [2.24, 2.45) is 0 Å². The van der Waals surface area contributed by atoms with Gasteiger partial charge in [0.05, 0.1) is 0 Å². The predicted octanol–water partition coefficient (Wildman–Crippen LogP) is 1.05. The van der Waals surface area contributed by atoms with E-state index in [2.05, 4.69) is 10.3 Å². The first-order chi connectivity index (χ1) is 7.25. The summed E-state index contributed by atoms with van der Waals surface area (Å²) in [6.45, 7) is 0. The average Bonchev–Trinajstić information content (AvgIpc) is 2.70. The van der Waals surface area contributed by atoms with Crippen molar-refractivity contribution in [2.45, 2.75) is 31.7 Å². The number of nitrogens with one attached hydrogen (secondary N) is 2. The van der Waals surface area contributed by atoms with Crippen LogP contribution < -0.4 is 10.7 Å². The minimum Gasteiger partial charge on any atom is -0.357 e. The molecular formula is C11H14N2O2. The van der Waals surface area contributed by atoms with Crippen LogP contribution in [0.4, 0.5) is 0 Å². The van der Waals surface area contributed by atoms with Gasteiger partial charge in [-0.2, -0.15) is 0 Å². The number of hydrogen-bond acceptors (Lipinski definition) is 2. The Morgan fingerprint density at radius 2 is 2.13 bits per heavy atom. The van der Waals surface area contributed by atoms with Crippen molar-refractivity contribution in [3.63, 3.8) is 0 Å². The molecule has 1 amide bonds. The second-order valence-corrected chi connectivity index (χ2v) is 3.89. The zero-order valence-electron chi connectivity index (χ0n) is 8.45. The third-order valence-electron chi connectivity index (χ3n) is 2.71. The van der Waals surface area contributed by atoms with E-state index in [9.17, 15) is 9.59 Å². The van der Waals surface area contributed by atoms with Crippen LogP contribution in [-0.2, 0) is 0 Å². The molecule has 1 heterocycles. The summed E-state index contributed by atoms with van der Waals surface area (Å²) < 4.78 is 0. The molecular weight excluding hydrogens is 192 g/mol. The van der Waals surface area contributed by atoms with E-state index in [0.29, 0.717) is 5.69 Å². The van der Waals surface area contributed by atoms with E-state index in [-0.39, 0.29) is 17.4 Å². The number of aromatic nitrogens is 1. The Morgan fingerprint density at radius 3 is 2.80 bits per heavy atom. The van der Waals surface area contributed by atoms with Gasteiger partial charge in [-0.15, -0.1) is 0 Å². The van der Waals surface area contributed by atoms with Crippen LogP contribution in [0.15, 0.2) is 23.1 Å². The molecule has 0 radical (unpaired) electrons. The van der Waals surface area contributed by atoms with Crippen molar-refractivity contribution in [3.05, 3.63) is 34.2 Å². The van der Waals surface area contributed by atoms with E-state index in [0.717, 1.165) is 12.8 Å². The minimum atomic E-state index is -0.181. The van der Waals surface area contributed by atoms with Crippen molar-refractivity contribution in [1.82, 2.24) is 10.3 Å². The Labute approximate surface area is 87.7 Å². The number of carbonyl (C=O) groups is 1. The van der Waals surface area contributed by atoms with Crippen molar-refractivity contribution in [1.29, 1.82) is 0 Å². The molecule has 0 aliphatic heterocycles. The van der Waals surface area contributed by atoms with Gasteiger partial charge in [0.1, 0.15) is 5.69 Å². The molecule has 1 aromatic rings. The van der Waals surface area contributed by atoms with Crippen LogP contribution in [0.25, 0.3) is 0 Å². The zero-order chi connectivity index (χ0) is 10.7. The largest absolute Gasteiger partial charge is 0.357 e. The third-order valence-corrected chi connectivity index (χ3v) is 2.71. The second kappa shape index (κ2) is 4.29. The minimum absolute atomic E-state index is 0.148. The van der Waals surface area contributed by atoms with Crippen LogP contribution in [0, 0.1) is 0 Å². The summed E-state index contributed by atoms with van der Waals surface area (Å²) in [6.07, 6.45) is 5.93. The van der Waals surface area contributed by atoms with Crippen molar-refractivity contribution >= 4 is 5.91 Å². The fourth-order valence-electron chi connectivity index (χ4n) is 1.91. The van der Waals surface area contributed by atoms with E-state index >= 15 is 0 Å². The Balaban J connectivity index is 2.04. The third kappa shape index (κ3) is 2.46. The molecule has 4 nitrogen and oxygen atoms in total. The number of amides is 1. The first-order valence-electron chi connectivity index (χ1n) is 5.25. The average molecular weight is 206 g/mol. The highest BCUT2D eigenvalue weighted by molar-refractivity contribution is 5.92. The predicted molar refractivity (Wildman–Crippen MR) is 56.8 cm³/mol. The standard InChI is InChI=1S/C11H14N2O2/c14-9-5-6-12-10(7-9)11(15)13-8-3-1-2-4-8/h5-8H,1-4H2,(H,12,14)(H,13,15). The molecule has 1 fully saturated rings. The monoisotopic (exact) mass is 206 g/mol. The number of pyridine rings is 1. The molecule has 80 valence electrons. The lowest BCUT2D eigenvalue weighted by Crippen LogP contribution is -2.33. The summed E-state index contributed by atoms with van der Waals surface area (Å²) in [7, 11) is 0. The fourth-order valence-corrected chi connectivity index (χ4v) is 1.91. The highest BCUT2D eigenvalue weighted by atomic mass is 16.2. The Hall–Kier alpha value is -1.58. The highest BCUT2D eigenvalue weighted by Gasteiger charge is 2.18. The quantitative estimate of drug-likeness (QED) is 0.759. The maximum absolute atomic E-state index is 11.7. The second-order valence-electron chi connectivity index (χ2n) is 3.89. The lowest BCUT2D eigenvalue weighted by Gasteiger charge is -2.11. The molecule has 4 heteroatoms. The van der Waals surface area contributed by atoms with Crippen LogP contribution in [-0.4, -0.2) is 16.9 Å². The van der Waals surface area contributed by atoms with Gasteiger partial charge in [0, 0.05) is 24.4 Å². The van der Waals surface area contributed by atoms with Gasteiger partial charge in [0.15, 0.2) is 5.43 Å².